The number of aliphatic hydroxyl groups is 1. The second kappa shape index (κ2) is 4.70. The molecule has 1 aromatic rings. The van der Waals surface area contributed by atoms with Gasteiger partial charge in [0.05, 0.1) is 6.10 Å². The Morgan fingerprint density at radius 3 is 2.69 bits per heavy atom. The van der Waals surface area contributed by atoms with Gasteiger partial charge in [0, 0.05) is 19.3 Å². The number of aliphatic hydroxyl groups excluding tert-OH is 1. The smallest absolute Gasteiger partial charge is 0.268 e. The quantitative estimate of drug-likeness (QED) is 0.786. The van der Waals surface area contributed by atoms with Crippen LogP contribution in [-0.2, 0) is 7.05 Å². The number of amides is 1. The Bertz CT molecular complexity index is 365. The van der Waals surface area contributed by atoms with Crippen LogP contribution >= 0.6 is 0 Å². The largest absolute Gasteiger partial charge is 0.393 e. The molecule has 4 heteroatoms. The van der Waals surface area contributed by atoms with Crippen molar-refractivity contribution in [3.05, 3.63) is 24.0 Å². The second-order valence-corrected chi connectivity index (χ2v) is 4.48. The van der Waals surface area contributed by atoms with Crippen molar-refractivity contribution in [2.24, 2.45) is 7.05 Å². The maximum atomic E-state index is 11.9. The van der Waals surface area contributed by atoms with Gasteiger partial charge in [-0.2, -0.15) is 0 Å². The van der Waals surface area contributed by atoms with E-state index in [0.717, 1.165) is 25.7 Å². The van der Waals surface area contributed by atoms with Gasteiger partial charge in [-0.25, -0.2) is 0 Å². The molecule has 0 bridgehead atoms. The molecule has 0 unspecified atom stereocenters. The normalized spacial score (nSPS) is 25.4. The van der Waals surface area contributed by atoms with E-state index in [-0.39, 0.29) is 18.1 Å². The number of rotatable bonds is 2. The van der Waals surface area contributed by atoms with Crippen molar-refractivity contribution in [3.63, 3.8) is 0 Å². The van der Waals surface area contributed by atoms with Gasteiger partial charge in [-0.1, -0.05) is 0 Å². The molecule has 0 atom stereocenters. The van der Waals surface area contributed by atoms with Gasteiger partial charge in [-0.3, -0.25) is 4.79 Å². The molecule has 1 amide bonds. The third-order valence-electron chi connectivity index (χ3n) is 3.21. The predicted octanol–water partition coefficient (Wildman–Crippen LogP) is 1.06. The standard InChI is InChI=1S/C12H18N2O2/c1-14-8-2-3-11(14)12(16)13-9-4-6-10(15)7-5-9/h2-3,8-10,15H,4-7H2,1H3,(H,13,16). The third kappa shape index (κ3) is 2.44. The Hall–Kier alpha value is -1.29. The highest BCUT2D eigenvalue weighted by molar-refractivity contribution is 5.92. The summed E-state index contributed by atoms with van der Waals surface area (Å²) in [6, 6.07) is 3.89. The minimum atomic E-state index is -0.178. The van der Waals surface area contributed by atoms with Gasteiger partial charge >= 0.3 is 0 Å². The summed E-state index contributed by atoms with van der Waals surface area (Å²) in [4.78, 5) is 11.9. The third-order valence-corrected chi connectivity index (χ3v) is 3.21. The van der Waals surface area contributed by atoms with Crippen LogP contribution in [0.15, 0.2) is 18.3 Å². The molecule has 1 heterocycles. The fourth-order valence-corrected chi connectivity index (χ4v) is 2.18. The molecule has 0 spiro atoms. The van der Waals surface area contributed by atoms with Gasteiger partial charge < -0.3 is 15.0 Å². The molecule has 1 aliphatic rings. The summed E-state index contributed by atoms with van der Waals surface area (Å²) in [5.41, 5.74) is 0.686. The van der Waals surface area contributed by atoms with Gasteiger partial charge in [0.15, 0.2) is 0 Å². The molecule has 4 nitrogen and oxygen atoms in total. The molecular weight excluding hydrogens is 204 g/mol. The van der Waals surface area contributed by atoms with E-state index in [0.29, 0.717) is 5.69 Å². The summed E-state index contributed by atoms with van der Waals surface area (Å²) in [6.07, 6.45) is 5.01. The summed E-state index contributed by atoms with van der Waals surface area (Å²) in [7, 11) is 1.86. The number of aryl methyl sites for hydroxylation is 1. The van der Waals surface area contributed by atoms with Crippen molar-refractivity contribution < 1.29 is 9.90 Å². The number of nitrogens with one attached hydrogen (secondary N) is 1. The van der Waals surface area contributed by atoms with Crippen molar-refractivity contribution in [1.29, 1.82) is 0 Å². The van der Waals surface area contributed by atoms with Gasteiger partial charge in [-0.05, 0) is 37.8 Å². The van der Waals surface area contributed by atoms with Crippen LogP contribution in [0.2, 0.25) is 0 Å². The van der Waals surface area contributed by atoms with Gasteiger partial charge in [0.25, 0.3) is 5.91 Å². The van der Waals surface area contributed by atoms with E-state index in [4.69, 9.17) is 0 Å². The minimum Gasteiger partial charge on any atom is -0.393 e. The zero-order chi connectivity index (χ0) is 11.5. The first kappa shape index (κ1) is 11.2. The Morgan fingerprint density at radius 1 is 1.44 bits per heavy atom. The van der Waals surface area contributed by atoms with Crippen LogP contribution in [0.4, 0.5) is 0 Å². The molecule has 0 radical (unpaired) electrons. The molecule has 1 aliphatic carbocycles. The van der Waals surface area contributed by atoms with E-state index in [1.54, 1.807) is 0 Å². The van der Waals surface area contributed by atoms with E-state index in [1.807, 2.05) is 29.9 Å². The number of aromatic nitrogens is 1. The van der Waals surface area contributed by atoms with Crippen LogP contribution < -0.4 is 5.32 Å². The summed E-state index contributed by atoms with van der Waals surface area (Å²) in [5.74, 6) is -0.0195. The number of hydrogen-bond acceptors (Lipinski definition) is 2. The van der Waals surface area contributed by atoms with Crippen LogP contribution in [0, 0.1) is 0 Å². The van der Waals surface area contributed by atoms with Crippen molar-refractivity contribution >= 4 is 5.91 Å². The highest BCUT2D eigenvalue weighted by atomic mass is 16.3. The molecule has 2 rings (SSSR count). The van der Waals surface area contributed by atoms with E-state index >= 15 is 0 Å². The first-order chi connectivity index (χ1) is 7.66. The van der Waals surface area contributed by atoms with Crippen LogP contribution in [0.5, 0.6) is 0 Å². The van der Waals surface area contributed by atoms with E-state index in [9.17, 15) is 9.90 Å². The van der Waals surface area contributed by atoms with Crippen LogP contribution in [0.25, 0.3) is 0 Å². The lowest BCUT2D eigenvalue weighted by molar-refractivity contribution is 0.0860. The second-order valence-electron chi connectivity index (χ2n) is 4.48. The highest BCUT2D eigenvalue weighted by Crippen LogP contribution is 2.18. The zero-order valence-electron chi connectivity index (χ0n) is 9.52. The molecule has 16 heavy (non-hydrogen) atoms. The maximum Gasteiger partial charge on any atom is 0.268 e. The zero-order valence-corrected chi connectivity index (χ0v) is 9.52. The van der Waals surface area contributed by atoms with E-state index in [2.05, 4.69) is 5.32 Å². The summed E-state index contributed by atoms with van der Waals surface area (Å²) < 4.78 is 1.81. The topological polar surface area (TPSA) is 54.3 Å². The first-order valence-electron chi connectivity index (χ1n) is 5.77. The Labute approximate surface area is 95.3 Å². The lowest BCUT2D eigenvalue weighted by Gasteiger charge is -2.26. The predicted molar refractivity (Wildman–Crippen MR) is 61.1 cm³/mol. The highest BCUT2D eigenvalue weighted by Gasteiger charge is 2.21. The molecule has 88 valence electrons. The first-order valence-corrected chi connectivity index (χ1v) is 5.77. The van der Waals surface area contributed by atoms with Crippen LogP contribution in [0.3, 0.4) is 0 Å². The fourth-order valence-electron chi connectivity index (χ4n) is 2.18. The number of carbonyl (C=O) groups excluding carboxylic acids is 1. The Balaban J connectivity index is 1.91. The fraction of sp³-hybridized carbons (Fsp3) is 0.583. The average Bonchev–Trinajstić information content (AvgIpc) is 2.68. The molecular formula is C12H18N2O2. The monoisotopic (exact) mass is 222 g/mol. The Morgan fingerprint density at radius 2 is 2.12 bits per heavy atom. The van der Waals surface area contributed by atoms with Crippen molar-refractivity contribution in [2.45, 2.75) is 37.8 Å². The molecule has 1 saturated carbocycles. The van der Waals surface area contributed by atoms with Gasteiger partial charge in [0.2, 0.25) is 0 Å². The molecule has 0 saturated heterocycles. The summed E-state index contributed by atoms with van der Waals surface area (Å²) >= 11 is 0. The SMILES string of the molecule is Cn1cccc1C(=O)NC1CCC(O)CC1. The molecule has 1 fully saturated rings. The van der Waals surface area contributed by atoms with E-state index < -0.39 is 0 Å². The minimum absolute atomic E-state index is 0.0195. The van der Waals surface area contributed by atoms with Crippen molar-refractivity contribution in [2.75, 3.05) is 0 Å². The van der Waals surface area contributed by atoms with Crippen LogP contribution in [-0.4, -0.2) is 27.7 Å². The summed E-state index contributed by atoms with van der Waals surface area (Å²) in [6.45, 7) is 0. The van der Waals surface area contributed by atoms with Gasteiger partial charge in [-0.15, -0.1) is 0 Å². The lowest BCUT2D eigenvalue weighted by atomic mass is 9.93. The average molecular weight is 222 g/mol. The van der Waals surface area contributed by atoms with Crippen LogP contribution in [0.1, 0.15) is 36.2 Å². The van der Waals surface area contributed by atoms with Gasteiger partial charge in [0.1, 0.15) is 5.69 Å². The number of nitrogens with zero attached hydrogens (tertiary/aromatic N) is 1. The van der Waals surface area contributed by atoms with E-state index in [1.165, 1.54) is 0 Å². The number of hydrogen-bond donors (Lipinski definition) is 2. The van der Waals surface area contributed by atoms with Crippen molar-refractivity contribution in [3.8, 4) is 0 Å². The summed E-state index contributed by atoms with van der Waals surface area (Å²) in [5, 5.41) is 12.4. The molecule has 2 N–H and O–H groups in total. The van der Waals surface area contributed by atoms with Crippen molar-refractivity contribution in [1.82, 2.24) is 9.88 Å². The molecule has 1 aromatic heterocycles. The lowest BCUT2D eigenvalue weighted by Crippen LogP contribution is -2.39. The number of carbonyl (C=O) groups is 1. The maximum absolute atomic E-state index is 11.9. The Kier molecular flexibility index (Phi) is 3.29. The molecule has 0 aromatic carbocycles. The molecule has 0 aliphatic heterocycles.